The van der Waals surface area contributed by atoms with Crippen molar-refractivity contribution in [2.24, 2.45) is 0 Å². The number of halogens is 2. The number of hydrogen-bond donors (Lipinski definition) is 2. The van der Waals surface area contributed by atoms with Gasteiger partial charge in [-0.05, 0) is 43.3 Å². The summed E-state index contributed by atoms with van der Waals surface area (Å²) in [6, 6.07) is 2.92. The minimum absolute atomic E-state index is 0.0356. The van der Waals surface area contributed by atoms with E-state index in [0.29, 0.717) is 0 Å². The summed E-state index contributed by atoms with van der Waals surface area (Å²) in [5.74, 6) is -1.67. The van der Waals surface area contributed by atoms with Crippen LogP contribution in [0.1, 0.15) is 26.6 Å². The van der Waals surface area contributed by atoms with Gasteiger partial charge >= 0.3 is 6.03 Å². The number of urea groups is 1. The standard InChI is InChI=1S/C13H16F2N6O/c1-13(2,3)17-12(22)16-7-11-18-19-20-21(11)8-4-5-9(14)10(15)6-8/h4-6H,7H2,1-3H3,(H2,16,17,22). The van der Waals surface area contributed by atoms with E-state index in [1.807, 2.05) is 20.8 Å². The molecule has 0 spiro atoms. The van der Waals surface area contributed by atoms with Crippen molar-refractivity contribution in [1.29, 1.82) is 0 Å². The SMILES string of the molecule is CC(C)(C)NC(=O)NCc1nnnn1-c1ccc(F)c(F)c1. The van der Waals surface area contributed by atoms with Gasteiger partial charge in [0.15, 0.2) is 17.5 Å². The normalized spacial score (nSPS) is 11.3. The first-order valence-corrected chi connectivity index (χ1v) is 6.55. The van der Waals surface area contributed by atoms with Gasteiger partial charge in [0.05, 0.1) is 12.2 Å². The van der Waals surface area contributed by atoms with E-state index in [2.05, 4.69) is 26.2 Å². The molecule has 9 heteroatoms. The summed E-state index contributed by atoms with van der Waals surface area (Å²) in [7, 11) is 0. The third-order valence-corrected chi connectivity index (χ3v) is 2.58. The van der Waals surface area contributed by atoms with Crippen LogP contribution in [0.5, 0.6) is 0 Å². The topological polar surface area (TPSA) is 84.7 Å². The minimum Gasteiger partial charge on any atom is -0.334 e. The molecule has 1 aromatic carbocycles. The number of hydrogen-bond acceptors (Lipinski definition) is 4. The maximum Gasteiger partial charge on any atom is 0.315 e. The number of nitrogens with one attached hydrogen (secondary N) is 2. The number of carbonyl (C=O) groups excluding carboxylic acids is 1. The molecule has 0 radical (unpaired) electrons. The Hall–Kier alpha value is -2.58. The van der Waals surface area contributed by atoms with Crippen LogP contribution in [-0.2, 0) is 6.54 Å². The van der Waals surface area contributed by atoms with E-state index in [1.165, 1.54) is 10.7 Å². The number of aromatic nitrogens is 4. The van der Waals surface area contributed by atoms with Gasteiger partial charge in [-0.3, -0.25) is 0 Å². The first-order valence-electron chi connectivity index (χ1n) is 6.55. The fraction of sp³-hybridized carbons (Fsp3) is 0.385. The summed E-state index contributed by atoms with van der Waals surface area (Å²) < 4.78 is 27.4. The molecule has 0 aliphatic rings. The molecule has 2 rings (SSSR count). The Morgan fingerprint density at radius 1 is 1.27 bits per heavy atom. The van der Waals surface area contributed by atoms with E-state index in [4.69, 9.17) is 0 Å². The Bertz CT molecular complexity index is 679. The highest BCUT2D eigenvalue weighted by Crippen LogP contribution is 2.13. The number of tetrazole rings is 1. The van der Waals surface area contributed by atoms with Crippen LogP contribution in [0, 0.1) is 11.6 Å². The highest BCUT2D eigenvalue weighted by molar-refractivity contribution is 5.74. The molecule has 118 valence electrons. The first kappa shape index (κ1) is 15.8. The van der Waals surface area contributed by atoms with Crippen molar-refractivity contribution in [2.75, 3.05) is 0 Å². The maximum absolute atomic E-state index is 13.3. The zero-order valence-electron chi connectivity index (χ0n) is 12.4. The molecule has 0 fully saturated rings. The second-order valence-corrected chi connectivity index (χ2v) is 5.66. The van der Waals surface area contributed by atoms with Crippen LogP contribution < -0.4 is 10.6 Å². The Balaban J connectivity index is 2.10. The van der Waals surface area contributed by atoms with Crippen LogP contribution in [0.3, 0.4) is 0 Å². The third-order valence-electron chi connectivity index (χ3n) is 2.58. The van der Waals surface area contributed by atoms with E-state index in [1.54, 1.807) is 0 Å². The van der Waals surface area contributed by atoms with Gasteiger partial charge in [-0.25, -0.2) is 13.6 Å². The molecule has 1 heterocycles. The fourth-order valence-corrected chi connectivity index (χ4v) is 1.68. The summed E-state index contributed by atoms with van der Waals surface area (Å²) in [4.78, 5) is 11.7. The predicted molar refractivity (Wildman–Crippen MR) is 74.2 cm³/mol. The van der Waals surface area contributed by atoms with Gasteiger partial charge in [-0.1, -0.05) is 0 Å². The number of amides is 2. The number of nitrogens with zero attached hydrogens (tertiary/aromatic N) is 4. The van der Waals surface area contributed by atoms with Gasteiger partial charge in [-0.15, -0.1) is 5.10 Å². The van der Waals surface area contributed by atoms with Gasteiger partial charge in [0, 0.05) is 11.6 Å². The Labute approximate surface area is 125 Å². The van der Waals surface area contributed by atoms with E-state index >= 15 is 0 Å². The van der Waals surface area contributed by atoms with Crippen molar-refractivity contribution < 1.29 is 13.6 Å². The largest absolute Gasteiger partial charge is 0.334 e. The van der Waals surface area contributed by atoms with Crippen LogP contribution in [0.2, 0.25) is 0 Å². The van der Waals surface area contributed by atoms with E-state index in [0.717, 1.165) is 12.1 Å². The Morgan fingerprint density at radius 2 is 2.00 bits per heavy atom. The van der Waals surface area contributed by atoms with Crippen LogP contribution in [0.15, 0.2) is 18.2 Å². The third kappa shape index (κ3) is 3.96. The summed E-state index contributed by atoms with van der Waals surface area (Å²) in [6.07, 6.45) is 0. The van der Waals surface area contributed by atoms with Gasteiger partial charge < -0.3 is 10.6 Å². The lowest BCUT2D eigenvalue weighted by molar-refractivity contribution is 0.231. The van der Waals surface area contributed by atoms with Crippen molar-refractivity contribution in [1.82, 2.24) is 30.8 Å². The van der Waals surface area contributed by atoms with Crippen LogP contribution in [0.25, 0.3) is 5.69 Å². The maximum atomic E-state index is 13.3. The predicted octanol–water partition coefficient (Wildman–Crippen LogP) is 1.54. The Kier molecular flexibility index (Phi) is 4.34. The summed E-state index contributed by atoms with van der Waals surface area (Å²) in [5.41, 5.74) is -0.118. The number of benzene rings is 1. The quantitative estimate of drug-likeness (QED) is 0.900. The lowest BCUT2D eigenvalue weighted by Gasteiger charge is -2.20. The van der Waals surface area contributed by atoms with E-state index in [9.17, 15) is 13.6 Å². The smallest absolute Gasteiger partial charge is 0.315 e. The second kappa shape index (κ2) is 6.04. The van der Waals surface area contributed by atoms with Crippen LogP contribution in [-0.4, -0.2) is 31.8 Å². The molecule has 0 unspecified atom stereocenters. The summed E-state index contributed by atoms with van der Waals surface area (Å²) >= 11 is 0. The monoisotopic (exact) mass is 310 g/mol. The van der Waals surface area contributed by atoms with Gasteiger partial charge in [-0.2, -0.15) is 4.68 Å². The molecule has 0 atom stereocenters. The minimum atomic E-state index is -1.00. The summed E-state index contributed by atoms with van der Waals surface area (Å²) in [5, 5.41) is 16.3. The molecule has 0 aliphatic heterocycles. The molecule has 2 aromatic rings. The van der Waals surface area contributed by atoms with Crippen LogP contribution >= 0.6 is 0 Å². The van der Waals surface area contributed by atoms with E-state index in [-0.39, 0.29) is 29.6 Å². The lowest BCUT2D eigenvalue weighted by Crippen LogP contribution is -2.46. The van der Waals surface area contributed by atoms with Crippen molar-refractivity contribution in [3.8, 4) is 5.69 Å². The Morgan fingerprint density at radius 3 is 2.64 bits per heavy atom. The van der Waals surface area contributed by atoms with Crippen molar-refractivity contribution in [2.45, 2.75) is 32.9 Å². The average Bonchev–Trinajstić information content (AvgIpc) is 2.86. The number of rotatable bonds is 3. The molecule has 2 N–H and O–H groups in total. The molecule has 0 saturated carbocycles. The zero-order valence-corrected chi connectivity index (χ0v) is 12.4. The molecule has 0 bridgehead atoms. The number of carbonyl (C=O) groups is 1. The molecule has 1 aromatic heterocycles. The van der Waals surface area contributed by atoms with Crippen molar-refractivity contribution in [3.05, 3.63) is 35.7 Å². The van der Waals surface area contributed by atoms with Gasteiger partial charge in [0.25, 0.3) is 0 Å². The van der Waals surface area contributed by atoms with Crippen LogP contribution in [0.4, 0.5) is 13.6 Å². The van der Waals surface area contributed by atoms with E-state index < -0.39 is 11.6 Å². The molecule has 2 amide bonds. The van der Waals surface area contributed by atoms with Crippen molar-refractivity contribution >= 4 is 6.03 Å². The molecule has 0 aliphatic carbocycles. The highest BCUT2D eigenvalue weighted by Gasteiger charge is 2.15. The molecular formula is C13H16F2N6O. The average molecular weight is 310 g/mol. The highest BCUT2D eigenvalue weighted by atomic mass is 19.2. The fourth-order valence-electron chi connectivity index (χ4n) is 1.68. The lowest BCUT2D eigenvalue weighted by atomic mass is 10.1. The molecule has 7 nitrogen and oxygen atoms in total. The summed E-state index contributed by atoms with van der Waals surface area (Å²) in [6.45, 7) is 5.57. The van der Waals surface area contributed by atoms with Gasteiger partial charge in [0.2, 0.25) is 0 Å². The van der Waals surface area contributed by atoms with Gasteiger partial charge in [0.1, 0.15) is 0 Å². The molecular weight excluding hydrogens is 294 g/mol. The second-order valence-electron chi connectivity index (χ2n) is 5.66. The van der Waals surface area contributed by atoms with Crippen molar-refractivity contribution in [3.63, 3.8) is 0 Å². The zero-order chi connectivity index (χ0) is 16.3. The molecule has 22 heavy (non-hydrogen) atoms. The first-order chi connectivity index (χ1) is 10.3. The molecule has 0 saturated heterocycles.